The monoisotopic (exact) mass is 234 g/mol. The van der Waals surface area contributed by atoms with Crippen molar-refractivity contribution in [3.8, 4) is 11.9 Å². The smallest absolute Gasteiger partial charge is 0.178 e. The maximum Gasteiger partial charge on any atom is 0.178 e. The summed E-state index contributed by atoms with van der Waals surface area (Å²) in [5.74, 6) is 0.851. The molecule has 16 heavy (non-hydrogen) atoms. The van der Waals surface area contributed by atoms with Gasteiger partial charge >= 0.3 is 0 Å². The molecular formula is C9H7ClN6. The normalized spacial score (nSPS) is 10.0. The molecule has 0 saturated heterocycles. The van der Waals surface area contributed by atoms with Gasteiger partial charge in [0.2, 0.25) is 0 Å². The molecule has 6 nitrogen and oxygen atoms in total. The van der Waals surface area contributed by atoms with Crippen molar-refractivity contribution in [2.45, 2.75) is 6.42 Å². The fraction of sp³-hybridized carbons (Fsp3) is 0.111. The van der Waals surface area contributed by atoms with E-state index in [1.54, 1.807) is 12.1 Å². The van der Waals surface area contributed by atoms with E-state index in [2.05, 4.69) is 15.3 Å². The van der Waals surface area contributed by atoms with Crippen LogP contribution in [0.3, 0.4) is 0 Å². The standard InChI is InChI=1S/C9H7ClN6/c10-7-1-2-8(15-14-7)16-9(12)6(3-4-11)5-13-16/h1-2,5H,3,12H2. The summed E-state index contributed by atoms with van der Waals surface area (Å²) in [6.45, 7) is 0. The number of aromatic nitrogens is 4. The van der Waals surface area contributed by atoms with Crippen LogP contribution in [0.1, 0.15) is 5.56 Å². The van der Waals surface area contributed by atoms with Crippen LogP contribution in [0.2, 0.25) is 5.15 Å². The first-order valence-electron chi connectivity index (χ1n) is 4.41. The van der Waals surface area contributed by atoms with E-state index in [9.17, 15) is 0 Å². The highest BCUT2D eigenvalue weighted by molar-refractivity contribution is 6.29. The third-order valence-corrected chi connectivity index (χ3v) is 2.19. The molecule has 0 atom stereocenters. The van der Waals surface area contributed by atoms with Gasteiger partial charge in [0.25, 0.3) is 0 Å². The predicted molar refractivity (Wildman–Crippen MR) is 57.9 cm³/mol. The largest absolute Gasteiger partial charge is 0.383 e. The summed E-state index contributed by atoms with van der Waals surface area (Å²) in [5.41, 5.74) is 6.47. The van der Waals surface area contributed by atoms with Gasteiger partial charge < -0.3 is 5.73 Å². The third-order valence-electron chi connectivity index (χ3n) is 1.99. The van der Waals surface area contributed by atoms with Crippen molar-refractivity contribution in [3.63, 3.8) is 0 Å². The Kier molecular flexibility index (Phi) is 2.70. The molecule has 0 bridgehead atoms. The van der Waals surface area contributed by atoms with Crippen LogP contribution in [-0.4, -0.2) is 20.0 Å². The molecule has 2 rings (SSSR count). The first kappa shape index (κ1) is 10.4. The molecule has 0 aliphatic heterocycles. The molecule has 0 aromatic carbocycles. The number of hydrogen-bond acceptors (Lipinski definition) is 5. The zero-order valence-electron chi connectivity index (χ0n) is 8.13. The fourth-order valence-electron chi connectivity index (χ4n) is 1.22. The molecule has 0 aliphatic rings. The summed E-state index contributed by atoms with van der Waals surface area (Å²) < 4.78 is 1.41. The molecule has 2 aromatic rings. The van der Waals surface area contributed by atoms with Crippen LogP contribution in [0, 0.1) is 11.3 Å². The van der Waals surface area contributed by atoms with Crippen molar-refractivity contribution in [1.29, 1.82) is 5.26 Å². The summed E-state index contributed by atoms with van der Waals surface area (Å²) in [4.78, 5) is 0. The Hall–Kier alpha value is -2.13. The minimum absolute atomic E-state index is 0.215. The molecule has 0 saturated carbocycles. The molecule has 0 amide bonds. The van der Waals surface area contributed by atoms with Gasteiger partial charge in [-0.05, 0) is 12.1 Å². The van der Waals surface area contributed by atoms with Crippen LogP contribution < -0.4 is 5.73 Å². The molecule has 0 unspecified atom stereocenters. The van der Waals surface area contributed by atoms with Crippen molar-refractivity contribution < 1.29 is 0 Å². The average Bonchev–Trinajstić information content (AvgIpc) is 2.63. The van der Waals surface area contributed by atoms with E-state index in [-0.39, 0.29) is 6.42 Å². The van der Waals surface area contributed by atoms with Crippen LogP contribution in [0.5, 0.6) is 0 Å². The number of nitrogens with two attached hydrogens (primary N) is 1. The minimum Gasteiger partial charge on any atom is -0.383 e. The van der Waals surface area contributed by atoms with Crippen molar-refractivity contribution in [2.75, 3.05) is 5.73 Å². The van der Waals surface area contributed by atoms with Crippen molar-refractivity contribution >= 4 is 17.4 Å². The maximum absolute atomic E-state index is 8.57. The van der Waals surface area contributed by atoms with Crippen LogP contribution >= 0.6 is 11.6 Å². The molecule has 2 heterocycles. The second kappa shape index (κ2) is 4.16. The number of hydrogen-bond donors (Lipinski definition) is 1. The van der Waals surface area contributed by atoms with Gasteiger partial charge in [-0.1, -0.05) is 11.6 Å². The second-order valence-corrected chi connectivity index (χ2v) is 3.40. The van der Waals surface area contributed by atoms with Crippen LogP contribution in [0.25, 0.3) is 5.82 Å². The first-order valence-corrected chi connectivity index (χ1v) is 4.79. The van der Waals surface area contributed by atoms with Gasteiger partial charge in [-0.3, -0.25) is 0 Å². The van der Waals surface area contributed by atoms with Gasteiger partial charge in [-0.25, -0.2) is 0 Å². The highest BCUT2D eigenvalue weighted by Gasteiger charge is 2.09. The molecular weight excluding hydrogens is 228 g/mol. The lowest BCUT2D eigenvalue weighted by atomic mass is 10.2. The number of anilines is 1. The highest BCUT2D eigenvalue weighted by atomic mass is 35.5. The molecule has 0 aliphatic carbocycles. The average molecular weight is 235 g/mol. The molecule has 7 heteroatoms. The van der Waals surface area contributed by atoms with Crippen LogP contribution in [0.4, 0.5) is 5.82 Å². The number of nitrogens with zero attached hydrogens (tertiary/aromatic N) is 5. The van der Waals surface area contributed by atoms with Gasteiger partial charge in [-0.2, -0.15) is 15.0 Å². The van der Waals surface area contributed by atoms with Gasteiger partial charge in [0.1, 0.15) is 5.82 Å². The van der Waals surface area contributed by atoms with Crippen molar-refractivity contribution in [3.05, 3.63) is 29.0 Å². The van der Waals surface area contributed by atoms with E-state index in [0.717, 1.165) is 0 Å². The van der Waals surface area contributed by atoms with E-state index in [1.165, 1.54) is 10.9 Å². The highest BCUT2D eigenvalue weighted by Crippen LogP contribution is 2.15. The fourth-order valence-corrected chi connectivity index (χ4v) is 1.32. The Bertz CT molecular complexity index is 538. The molecule has 0 radical (unpaired) electrons. The predicted octanol–water partition coefficient (Wildman–Crippen LogP) is 0.964. The number of nitriles is 1. The van der Waals surface area contributed by atoms with E-state index in [1.807, 2.05) is 6.07 Å². The molecule has 2 aromatic heterocycles. The van der Waals surface area contributed by atoms with E-state index in [0.29, 0.717) is 22.4 Å². The van der Waals surface area contributed by atoms with Crippen molar-refractivity contribution in [2.24, 2.45) is 0 Å². The van der Waals surface area contributed by atoms with Crippen LogP contribution in [-0.2, 0) is 6.42 Å². The Labute approximate surface area is 96.3 Å². The molecule has 0 fully saturated rings. The Balaban J connectivity index is 2.42. The van der Waals surface area contributed by atoms with Gasteiger partial charge in [-0.15, -0.1) is 10.2 Å². The molecule has 80 valence electrons. The van der Waals surface area contributed by atoms with E-state index in [4.69, 9.17) is 22.6 Å². The Morgan fingerprint density at radius 3 is 2.88 bits per heavy atom. The SMILES string of the molecule is N#CCc1cnn(-c2ccc(Cl)nn2)c1N. The minimum atomic E-state index is 0.215. The lowest BCUT2D eigenvalue weighted by Crippen LogP contribution is -2.05. The summed E-state index contributed by atoms with van der Waals surface area (Å²) in [5, 5.41) is 20.4. The lowest BCUT2D eigenvalue weighted by Gasteiger charge is -2.01. The number of halogens is 1. The quantitative estimate of drug-likeness (QED) is 0.835. The lowest BCUT2D eigenvalue weighted by molar-refractivity contribution is 0.823. The number of nitrogen functional groups attached to an aromatic ring is 1. The summed E-state index contributed by atoms with van der Waals surface area (Å²) >= 11 is 5.62. The van der Waals surface area contributed by atoms with E-state index >= 15 is 0 Å². The summed E-state index contributed by atoms with van der Waals surface area (Å²) in [6, 6.07) is 5.25. The van der Waals surface area contributed by atoms with Gasteiger partial charge in [0.15, 0.2) is 11.0 Å². The molecule has 2 N–H and O–H groups in total. The van der Waals surface area contributed by atoms with E-state index < -0.39 is 0 Å². The maximum atomic E-state index is 8.57. The van der Waals surface area contributed by atoms with Gasteiger partial charge in [0.05, 0.1) is 18.7 Å². The summed E-state index contributed by atoms with van der Waals surface area (Å²) in [7, 11) is 0. The number of rotatable bonds is 2. The van der Waals surface area contributed by atoms with Crippen LogP contribution in [0.15, 0.2) is 18.3 Å². The van der Waals surface area contributed by atoms with Gasteiger partial charge in [0, 0.05) is 5.56 Å². The Morgan fingerprint density at radius 2 is 2.25 bits per heavy atom. The van der Waals surface area contributed by atoms with Crippen molar-refractivity contribution in [1.82, 2.24) is 20.0 Å². The Morgan fingerprint density at radius 1 is 1.44 bits per heavy atom. The second-order valence-electron chi connectivity index (χ2n) is 3.02. The molecule has 0 spiro atoms. The topological polar surface area (TPSA) is 93.4 Å². The summed E-state index contributed by atoms with van der Waals surface area (Å²) in [6.07, 6.45) is 1.75. The zero-order valence-corrected chi connectivity index (χ0v) is 8.89. The first-order chi connectivity index (χ1) is 7.72. The zero-order chi connectivity index (χ0) is 11.5. The third kappa shape index (κ3) is 1.81.